The molecule has 3 N–H and O–H groups in total. The number of piperidine rings is 1. The minimum absolute atomic E-state index is 0.0343. The number of nitrogen functional groups attached to an aromatic ring is 1. The summed E-state index contributed by atoms with van der Waals surface area (Å²) in [6.07, 6.45) is 2.42. The Morgan fingerprint density at radius 3 is 2.62 bits per heavy atom. The van der Waals surface area contributed by atoms with E-state index in [4.69, 9.17) is 5.84 Å². The van der Waals surface area contributed by atoms with Crippen molar-refractivity contribution in [3.8, 4) is 0 Å². The lowest BCUT2D eigenvalue weighted by Crippen LogP contribution is -2.34. The summed E-state index contributed by atoms with van der Waals surface area (Å²) in [7, 11) is 0. The van der Waals surface area contributed by atoms with Crippen molar-refractivity contribution in [2.24, 2.45) is 17.7 Å². The Hall–Kier alpha value is -1.66. The number of hydrogen-bond donors (Lipinski definition) is 2. The maximum Gasteiger partial charge on any atom is 0.293 e. The minimum atomic E-state index is -0.399. The third-order valence-corrected chi connectivity index (χ3v) is 4.40. The molecule has 6 heteroatoms. The van der Waals surface area contributed by atoms with Gasteiger partial charge < -0.3 is 5.43 Å². The molecule has 1 heterocycles. The molecule has 1 aromatic carbocycles. The van der Waals surface area contributed by atoms with Crippen LogP contribution in [0, 0.1) is 22.0 Å². The minimum Gasteiger partial charge on any atom is -0.318 e. The number of nitrogens with two attached hydrogens (primary N) is 1. The molecule has 0 atom stereocenters. The fraction of sp³-hybridized carbons (Fsp3) is 0.600. The van der Waals surface area contributed by atoms with Crippen LogP contribution < -0.4 is 11.3 Å². The van der Waals surface area contributed by atoms with Gasteiger partial charge in [-0.25, -0.2) is 0 Å². The highest BCUT2D eigenvalue weighted by Crippen LogP contribution is 2.28. The molecule has 0 aromatic heterocycles. The van der Waals surface area contributed by atoms with Crippen LogP contribution in [-0.2, 0) is 6.54 Å². The number of nitrogens with zero attached hydrogens (tertiary/aromatic N) is 2. The second kappa shape index (κ2) is 6.87. The molecule has 0 spiro atoms. The fourth-order valence-electron chi connectivity index (χ4n) is 2.98. The summed E-state index contributed by atoms with van der Waals surface area (Å²) in [6, 6.07) is 5.19. The first-order chi connectivity index (χ1) is 10.0. The predicted octanol–water partition coefficient (Wildman–Crippen LogP) is 2.75. The molecule has 1 fully saturated rings. The first kappa shape index (κ1) is 15.7. The molecule has 0 saturated carbocycles. The summed E-state index contributed by atoms with van der Waals surface area (Å²) in [4.78, 5) is 13.0. The molecular weight excluding hydrogens is 268 g/mol. The van der Waals surface area contributed by atoms with Gasteiger partial charge in [-0.05, 0) is 49.4 Å². The van der Waals surface area contributed by atoms with E-state index in [0.29, 0.717) is 5.69 Å². The van der Waals surface area contributed by atoms with Crippen molar-refractivity contribution < 1.29 is 4.92 Å². The Kier molecular flexibility index (Phi) is 5.14. The average Bonchev–Trinajstić information content (AvgIpc) is 2.47. The van der Waals surface area contributed by atoms with E-state index in [1.165, 1.54) is 12.8 Å². The highest BCUT2D eigenvalue weighted by atomic mass is 16.6. The molecule has 1 aromatic rings. The number of rotatable bonds is 5. The standard InChI is InChI=1S/C15H24N4O2/c1-11(2)13-5-7-18(8-6-13)10-12-3-4-14(17-16)15(9-12)19(20)21/h3-4,9,11,13,17H,5-8,10,16H2,1-2H3. The van der Waals surface area contributed by atoms with E-state index in [0.717, 1.165) is 37.0 Å². The lowest BCUT2D eigenvalue weighted by Gasteiger charge is -2.33. The molecule has 0 unspecified atom stereocenters. The monoisotopic (exact) mass is 292 g/mol. The molecule has 1 aliphatic rings. The van der Waals surface area contributed by atoms with Crippen LogP contribution in [0.25, 0.3) is 0 Å². The first-order valence-corrected chi connectivity index (χ1v) is 7.47. The Morgan fingerprint density at radius 2 is 2.10 bits per heavy atom. The molecular formula is C15H24N4O2. The average molecular weight is 292 g/mol. The van der Waals surface area contributed by atoms with Crippen LogP contribution in [0.2, 0.25) is 0 Å². The van der Waals surface area contributed by atoms with Gasteiger partial charge in [-0.15, -0.1) is 0 Å². The summed E-state index contributed by atoms with van der Waals surface area (Å²) >= 11 is 0. The van der Waals surface area contributed by atoms with Crippen molar-refractivity contribution >= 4 is 11.4 Å². The summed E-state index contributed by atoms with van der Waals surface area (Å²) in [6.45, 7) is 7.45. The summed E-state index contributed by atoms with van der Waals surface area (Å²) in [5.74, 6) is 6.85. The number of nitro groups is 1. The van der Waals surface area contributed by atoms with Crippen molar-refractivity contribution in [3.63, 3.8) is 0 Å². The number of nitro benzene ring substituents is 1. The van der Waals surface area contributed by atoms with Crippen LogP contribution >= 0.6 is 0 Å². The van der Waals surface area contributed by atoms with E-state index < -0.39 is 4.92 Å². The fourth-order valence-corrected chi connectivity index (χ4v) is 2.98. The van der Waals surface area contributed by atoms with Crippen LogP contribution in [0.4, 0.5) is 11.4 Å². The smallest absolute Gasteiger partial charge is 0.293 e. The van der Waals surface area contributed by atoms with E-state index in [1.807, 2.05) is 6.07 Å². The SMILES string of the molecule is CC(C)C1CCN(Cc2ccc(NN)c([N+](=O)[O-])c2)CC1. The largest absolute Gasteiger partial charge is 0.318 e. The second-order valence-corrected chi connectivity index (χ2v) is 6.11. The van der Waals surface area contributed by atoms with Gasteiger partial charge in [-0.1, -0.05) is 19.9 Å². The van der Waals surface area contributed by atoms with E-state index in [-0.39, 0.29) is 5.69 Å². The first-order valence-electron chi connectivity index (χ1n) is 7.47. The van der Waals surface area contributed by atoms with Gasteiger partial charge in [0.15, 0.2) is 0 Å². The van der Waals surface area contributed by atoms with E-state index in [1.54, 1.807) is 12.1 Å². The summed E-state index contributed by atoms with van der Waals surface area (Å²) < 4.78 is 0. The molecule has 0 bridgehead atoms. The number of likely N-dealkylation sites (tertiary alicyclic amines) is 1. The molecule has 6 nitrogen and oxygen atoms in total. The number of benzene rings is 1. The summed E-state index contributed by atoms with van der Waals surface area (Å²) in [5, 5.41) is 11.0. The third kappa shape index (κ3) is 3.92. The van der Waals surface area contributed by atoms with Crippen LogP contribution in [-0.4, -0.2) is 22.9 Å². The van der Waals surface area contributed by atoms with Crippen LogP contribution in [0.15, 0.2) is 18.2 Å². The van der Waals surface area contributed by atoms with Crippen LogP contribution in [0.5, 0.6) is 0 Å². The zero-order chi connectivity index (χ0) is 15.4. The van der Waals surface area contributed by atoms with Crippen molar-refractivity contribution in [1.29, 1.82) is 0 Å². The van der Waals surface area contributed by atoms with Gasteiger partial charge in [0.1, 0.15) is 5.69 Å². The lowest BCUT2D eigenvalue weighted by molar-refractivity contribution is -0.384. The Morgan fingerprint density at radius 1 is 1.43 bits per heavy atom. The van der Waals surface area contributed by atoms with Gasteiger partial charge in [0.05, 0.1) is 4.92 Å². The molecule has 116 valence electrons. The Labute approximate surface area is 125 Å². The molecule has 0 radical (unpaired) electrons. The molecule has 21 heavy (non-hydrogen) atoms. The van der Waals surface area contributed by atoms with Crippen molar-refractivity contribution in [1.82, 2.24) is 4.90 Å². The van der Waals surface area contributed by atoms with Crippen LogP contribution in [0.1, 0.15) is 32.3 Å². The maximum absolute atomic E-state index is 11.0. The van der Waals surface area contributed by atoms with Crippen molar-refractivity contribution in [2.75, 3.05) is 18.5 Å². The lowest BCUT2D eigenvalue weighted by atomic mass is 9.86. The zero-order valence-electron chi connectivity index (χ0n) is 12.7. The normalized spacial score (nSPS) is 17.1. The Bertz CT molecular complexity index is 496. The van der Waals surface area contributed by atoms with Gasteiger partial charge in [0, 0.05) is 12.6 Å². The van der Waals surface area contributed by atoms with E-state index >= 15 is 0 Å². The van der Waals surface area contributed by atoms with Gasteiger partial charge in [0.25, 0.3) is 5.69 Å². The Balaban J connectivity index is 2.01. The maximum atomic E-state index is 11.0. The predicted molar refractivity (Wildman–Crippen MR) is 83.7 cm³/mol. The second-order valence-electron chi connectivity index (χ2n) is 6.11. The molecule has 1 saturated heterocycles. The molecule has 1 aliphatic heterocycles. The third-order valence-electron chi connectivity index (χ3n) is 4.40. The quantitative estimate of drug-likeness (QED) is 0.495. The highest BCUT2D eigenvalue weighted by Gasteiger charge is 2.22. The zero-order valence-corrected chi connectivity index (χ0v) is 12.7. The van der Waals surface area contributed by atoms with E-state index in [9.17, 15) is 10.1 Å². The summed E-state index contributed by atoms with van der Waals surface area (Å²) in [5.41, 5.74) is 3.72. The number of anilines is 1. The van der Waals surface area contributed by atoms with Gasteiger partial charge in [-0.3, -0.25) is 20.9 Å². The number of hydrogen-bond acceptors (Lipinski definition) is 5. The topological polar surface area (TPSA) is 84.4 Å². The molecule has 0 amide bonds. The van der Waals surface area contributed by atoms with Gasteiger partial charge in [0.2, 0.25) is 0 Å². The van der Waals surface area contributed by atoms with Crippen LogP contribution in [0.3, 0.4) is 0 Å². The number of hydrazine groups is 1. The van der Waals surface area contributed by atoms with E-state index in [2.05, 4.69) is 24.2 Å². The number of nitrogens with one attached hydrogen (secondary N) is 1. The highest BCUT2D eigenvalue weighted by molar-refractivity contribution is 5.61. The van der Waals surface area contributed by atoms with Gasteiger partial charge >= 0.3 is 0 Å². The molecule has 0 aliphatic carbocycles. The van der Waals surface area contributed by atoms with Crippen molar-refractivity contribution in [2.45, 2.75) is 33.2 Å². The van der Waals surface area contributed by atoms with Gasteiger partial charge in [-0.2, -0.15) is 0 Å². The molecule has 2 rings (SSSR count). The van der Waals surface area contributed by atoms with Crippen molar-refractivity contribution in [3.05, 3.63) is 33.9 Å².